The lowest BCUT2D eigenvalue weighted by Gasteiger charge is -2.42. The molecule has 2 aromatic rings. The van der Waals surface area contributed by atoms with E-state index in [1.54, 1.807) is 12.3 Å². The van der Waals surface area contributed by atoms with Crippen LogP contribution in [0.1, 0.15) is 32.1 Å². The maximum Gasteiger partial charge on any atom is 0.152 e. The number of nitrogens with two attached hydrogens (primary N) is 2. The molecule has 1 saturated heterocycles. The number of nitrogens with zero attached hydrogens (tertiary/aromatic N) is 3. The maximum absolute atomic E-state index is 6.37. The summed E-state index contributed by atoms with van der Waals surface area (Å²) in [6, 6.07) is 5.75. The fraction of sp³-hybridized carbons (Fsp3) is 0.474. The number of nitrogen functional groups attached to an aromatic ring is 1. The number of piperidine rings is 1. The number of benzene rings is 1. The Hall–Kier alpha value is -1.56. The van der Waals surface area contributed by atoms with E-state index in [1.165, 1.54) is 12.8 Å². The van der Waals surface area contributed by atoms with E-state index in [9.17, 15) is 0 Å². The van der Waals surface area contributed by atoms with Crippen LogP contribution in [-0.2, 0) is 0 Å². The summed E-state index contributed by atoms with van der Waals surface area (Å²) in [5.74, 6) is 1.18. The summed E-state index contributed by atoms with van der Waals surface area (Å²) >= 11 is 12.4. The molecule has 0 radical (unpaired) electrons. The fourth-order valence-electron chi connectivity index (χ4n) is 4.41. The highest BCUT2D eigenvalue weighted by Crippen LogP contribution is 2.46. The lowest BCUT2D eigenvalue weighted by Crippen LogP contribution is -2.47. The van der Waals surface area contributed by atoms with Gasteiger partial charge in [-0.2, -0.15) is 0 Å². The molecule has 7 heteroatoms. The zero-order valence-corrected chi connectivity index (χ0v) is 16.1. The van der Waals surface area contributed by atoms with Gasteiger partial charge in [-0.25, -0.2) is 9.97 Å². The highest BCUT2D eigenvalue weighted by molar-refractivity contribution is 6.43. The van der Waals surface area contributed by atoms with Crippen LogP contribution in [0.3, 0.4) is 0 Å². The van der Waals surface area contributed by atoms with Gasteiger partial charge in [0.25, 0.3) is 0 Å². The molecule has 0 unspecified atom stereocenters. The van der Waals surface area contributed by atoms with Crippen LogP contribution in [-0.4, -0.2) is 29.1 Å². The van der Waals surface area contributed by atoms with Crippen LogP contribution in [0.4, 0.5) is 11.6 Å². The third-order valence-electron chi connectivity index (χ3n) is 6.05. The van der Waals surface area contributed by atoms with Crippen molar-refractivity contribution in [3.05, 3.63) is 34.4 Å². The number of hydrogen-bond donors (Lipinski definition) is 2. The minimum atomic E-state index is 0.323. The molecule has 138 valence electrons. The Morgan fingerprint density at radius 3 is 2.58 bits per heavy atom. The second-order valence-corrected chi connectivity index (χ2v) is 8.20. The van der Waals surface area contributed by atoms with Gasteiger partial charge in [-0.3, -0.25) is 0 Å². The smallest absolute Gasteiger partial charge is 0.152 e. The summed E-state index contributed by atoms with van der Waals surface area (Å²) in [7, 11) is 0. The van der Waals surface area contributed by atoms with Gasteiger partial charge < -0.3 is 16.4 Å². The molecule has 4 N–H and O–H groups in total. The molecule has 0 bridgehead atoms. The van der Waals surface area contributed by atoms with Crippen molar-refractivity contribution in [1.29, 1.82) is 0 Å². The van der Waals surface area contributed by atoms with Crippen molar-refractivity contribution in [2.24, 2.45) is 11.1 Å². The predicted molar refractivity (Wildman–Crippen MR) is 108 cm³/mol. The Bertz CT molecular complexity index is 818. The summed E-state index contributed by atoms with van der Waals surface area (Å²) in [4.78, 5) is 11.4. The topological polar surface area (TPSA) is 81.1 Å². The Morgan fingerprint density at radius 2 is 1.92 bits per heavy atom. The van der Waals surface area contributed by atoms with Crippen LogP contribution >= 0.6 is 23.2 Å². The Morgan fingerprint density at radius 1 is 1.15 bits per heavy atom. The molecular weight excluding hydrogens is 369 g/mol. The van der Waals surface area contributed by atoms with Gasteiger partial charge in [0.1, 0.15) is 11.5 Å². The summed E-state index contributed by atoms with van der Waals surface area (Å²) in [6.45, 7) is 1.89. The zero-order chi connectivity index (χ0) is 18.3. The minimum Gasteiger partial charge on any atom is -0.382 e. The van der Waals surface area contributed by atoms with Crippen molar-refractivity contribution in [2.75, 3.05) is 23.7 Å². The summed E-state index contributed by atoms with van der Waals surface area (Å²) in [5.41, 5.74) is 14.2. The first kappa shape index (κ1) is 17.8. The van der Waals surface area contributed by atoms with E-state index in [-0.39, 0.29) is 0 Å². The second kappa shape index (κ2) is 6.87. The van der Waals surface area contributed by atoms with Crippen LogP contribution in [0.15, 0.2) is 24.4 Å². The van der Waals surface area contributed by atoms with Crippen molar-refractivity contribution >= 4 is 34.8 Å². The van der Waals surface area contributed by atoms with E-state index < -0.39 is 0 Å². The van der Waals surface area contributed by atoms with Crippen LogP contribution < -0.4 is 16.4 Å². The van der Waals surface area contributed by atoms with E-state index >= 15 is 0 Å². The third kappa shape index (κ3) is 3.02. The van der Waals surface area contributed by atoms with E-state index in [0.29, 0.717) is 38.6 Å². The third-order valence-corrected chi connectivity index (χ3v) is 6.87. The van der Waals surface area contributed by atoms with Crippen molar-refractivity contribution in [3.63, 3.8) is 0 Å². The largest absolute Gasteiger partial charge is 0.382 e. The van der Waals surface area contributed by atoms with Crippen LogP contribution in [0.2, 0.25) is 10.0 Å². The standard InChI is InChI=1S/C19H23Cl2N5/c20-13-4-1-3-12(16(13)21)17-18(23)25-15(11-24-17)26-9-7-19(8-10-26)6-2-5-14(19)22/h1,3-4,11,14H,2,5-10,22H2,(H2,23,25)/t14-/m1/s1. The van der Waals surface area contributed by atoms with Gasteiger partial charge in [0.05, 0.1) is 16.2 Å². The monoisotopic (exact) mass is 391 g/mol. The molecular formula is C19H23Cl2N5. The number of anilines is 2. The average molecular weight is 392 g/mol. The molecule has 26 heavy (non-hydrogen) atoms. The number of halogens is 2. The molecule has 2 fully saturated rings. The van der Waals surface area contributed by atoms with Gasteiger partial charge in [0.2, 0.25) is 0 Å². The van der Waals surface area contributed by atoms with Gasteiger partial charge in [-0.15, -0.1) is 0 Å². The highest BCUT2D eigenvalue weighted by Gasteiger charge is 2.43. The van der Waals surface area contributed by atoms with E-state index in [1.807, 2.05) is 12.1 Å². The van der Waals surface area contributed by atoms with Gasteiger partial charge in [0, 0.05) is 24.7 Å². The van der Waals surface area contributed by atoms with Crippen LogP contribution in [0, 0.1) is 5.41 Å². The molecule has 0 amide bonds. The highest BCUT2D eigenvalue weighted by atomic mass is 35.5. The van der Waals surface area contributed by atoms with Crippen molar-refractivity contribution in [3.8, 4) is 11.3 Å². The first-order chi connectivity index (χ1) is 12.5. The first-order valence-corrected chi connectivity index (χ1v) is 9.83. The Labute approximate surface area is 163 Å². The second-order valence-electron chi connectivity index (χ2n) is 7.41. The minimum absolute atomic E-state index is 0.323. The van der Waals surface area contributed by atoms with Crippen molar-refractivity contribution in [1.82, 2.24) is 9.97 Å². The molecule has 1 aliphatic carbocycles. The average Bonchev–Trinajstić information content (AvgIpc) is 2.98. The van der Waals surface area contributed by atoms with Crippen molar-refractivity contribution in [2.45, 2.75) is 38.1 Å². The molecule has 1 aliphatic heterocycles. The normalized spacial score (nSPS) is 22.1. The van der Waals surface area contributed by atoms with Crippen LogP contribution in [0.25, 0.3) is 11.3 Å². The molecule has 1 saturated carbocycles. The molecule has 2 aliphatic rings. The molecule has 1 aromatic carbocycles. The Kier molecular flexibility index (Phi) is 4.71. The molecule has 1 spiro atoms. The van der Waals surface area contributed by atoms with E-state index in [4.69, 9.17) is 34.7 Å². The van der Waals surface area contributed by atoms with Crippen LogP contribution in [0.5, 0.6) is 0 Å². The lowest BCUT2D eigenvalue weighted by atomic mass is 9.74. The first-order valence-electron chi connectivity index (χ1n) is 9.08. The molecule has 2 heterocycles. The number of rotatable bonds is 2. The lowest BCUT2D eigenvalue weighted by molar-refractivity contribution is 0.197. The van der Waals surface area contributed by atoms with Gasteiger partial charge in [-0.1, -0.05) is 41.8 Å². The quantitative estimate of drug-likeness (QED) is 0.803. The number of aromatic nitrogens is 2. The van der Waals surface area contributed by atoms with E-state index in [2.05, 4.69) is 14.9 Å². The number of hydrogen-bond acceptors (Lipinski definition) is 5. The zero-order valence-electron chi connectivity index (χ0n) is 14.6. The fourth-order valence-corrected chi connectivity index (χ4v) is 4.80. The summed E-state index contributed by atoms with van der Waals surface area (Å²) in [5, 5.41) is 0.918. The Balaban J connectivity index is 1.55. The molecule has 1 aromatic heterocycles. The summed E-state index contributed by atoms with van der Waals surface area (Å²) in [6.07, 6.45) is 7.65. The van der Waals surface area contributed by atoms with Gasteiger partial charge in [0.15, 0.2) is 5.82 Å². The summed E-state index contributed by atoms with van der Waals surface area (Å²) < 4.78 is 0. The van der Waals surface area contributed by atoms with E-state index in [0.717, 1.165) is 38.2 Å². The van der Waals surface area contributed by atoms with Gasteiger partial charge in [-0.05, 0) is 37.2 Å². The molecule has 1 atom stereocenters. The van der Waals surface area contributed by atoms with Gasteiger partial charge >= 0.3 is 0 Å². The maximum atomic E-state index is 6.37. The van der Waals surface area contributed by atoms with Crippen molar-refractivity contribution < 1.29 is 0 Å². The molecule has 4 rings (SSSR count). The predicted octanol–water partition coefficient (Wildman–Crippen LogP) is 4.13. The SMILES string of the molecule is Nc1nc(N2CCC3(CCC[C@H]3N)CC2)cnc1-c1cccc(Cl)c1Cl. The molecule has 5 nitrogen and oxygen atoms in total.